The van der Waals surface area contributed by atoms with Gasteiger partial charge in [0.25, 0.3) is 0 Å². The number of halogens is 1. The summed E-state index contributed by atoms with van der Waals surface area (Å²) in [6.07, 6.45) is 0. The second kappa shape index (κ2) is 3.37. The van der Waals surface area contributed by atoms with Crippen LogP contribution in [0.4, 0.5) is 15.8 Å². The topological polar surface area (TPSA) is 52.6 Å². The molecule has 4 nitrogen and oxygen atoms in total. The van der Waals surface area contributed by atoms with Crippen molar-refractivity contribution in [2.45, 2.75) is 19.5 Å². The summed E-state index contributed by atoms with van der Waals surface area (Å²) in [5.41, 5.74) is 0.828. The van der Waals surface area contributed by atoms with Crippen LogP contribution >= 0.6 is 0 Å². The lowest BCUT2D eigenvalue weighted by Gasteiger charge is -2.32. The summed E-state index contributed by atoms with van der Waals surface area (Å²) in [6, 6.07) is 4.32. The molecule has 0 saturated carbocycles. The Labute approximate surface area is 92.7 Å². The summed E-state index contributed by atoms with van der Waals surface area (Å²) in [7, 11) is 0. The Bertz CT molecular complexity index is 446. The highest BCUT2D eigenvalue weighted by Crippen LogP contribution is 2.39. The highest BCUT2D eigenvalue weighted by Gasteiger charge is 2.36. The van der Waals surface area contributed by atoms with Gasteiger partial charge < -0.3 is 15.3 Å². The lowest BCUT2D eigenvalue weighted by molar-refractivity contribution is -0.135. The van der Waals surface area contributed by atoms with Crippen LogP contribution in [0.3, 0.4) is 0 Å². The van der Waals surface area contributed by atoms with E-state index in [0.717, 1.165) is 5.69 Å². The van der Waals surface area contributed by atoms with E-state index in [9.17, 15) is 9.18 Å². The fourth-order valence-electron chi connectivity index (χ4n) is 1.95. The quantitative estimate of drug-likeness (QED) is 0.805. The molecule has 1 aromatic carbocycles. The SMILES string of the molecule is CC1(C)Nc2ccc(F)cc2N1CC(=O)O. The molecule has 1 aliphatic rings. The van der Waals surface area contributed by atoms with Crippen LogP contribution in [0.15, 0.2) is 18.2 Å². The Morgan fingerprint density at radius 2 is 2.25 bits per heavy atom. The van der Waals surface area contributed by atoms with Crippen molar-refractivity contribution in [3.63, 3.8) is 0 Å². The minimum atomic E-state index is -0.938. The number of hydrogen-bond acceptors (Lipinski definition) is 3. The summed E-state index contributed by atoms with van der Waals surface area (Å²) in [6.45, 7) is 3.55. The van der Waals surface area contributed by atoms with E-state index in [-0.39, 0.29) is 12.4 Å². The van der Waals surface area contributed by atoms with E-state index in [1.165, 1.54) is 12.1 Å². The molecule has 0 amide bonds. The zero-order chi connectivity index (χ0) is 11.9. The molecule has 0 unspecified atom stereocenters. The summed E-state index contributed by atoms with van der Waals surface area (Å²) >= 11 is 0. The van der Waals surface area contributed by atoms with Crippen molar-refractivity contribution in [3.05, 3.63) is 24.0 Å². The molecular weight excluding hydrogens is 211 g/mol. The van der Waals surface area contributed by atoms with Crippen LogP contribution in [-0.4, -0.2) is 23.3 Å². The number of aliphatic carboxylic acids is 1. The highest BCUT2D eigenvalue weighted by molar-refractivity contribution is 5.83. The van der Waals surface area contributed by atoms with E-state index in [1.54, 1.807) is 11.0 Å². The van der Waals surface area contributed by atoms with E-state index in [1.807, 2.05) is 13.8 Å². The predicted molar refractivity (Wildman–Crippen MR) is 59.1 cm³/mol. The molecule has 1 aromatic rings. The Hall–Kier alpha value is -1.78. The van der Waals surface area contributed by atoms with Gasteiger partial charge in [0.1, 0.15) is 18.0 Å². The molecule has 2 N–H and O–H groups in total. The predicted octanol–water partition coefficient (Wildman–Crippen LogP) is 1.88. The van der Waals surface area contributed by atoms with Gasteiger partial charge in [0, 0.05) is 0 Å². The van der Waals surface area contributed by atoms with Gasteiger partial charge in [-0.25, -0.2) is 4.39 Å². The van der Waals surface area contributed by atoms with E-state index < -0.39 is 11.6 Å². The third-order valence-corrected chi connectivity index (χ3v) is 2.66. The van der Waals surface area contributed by atoms with Crippen LogP contribution in [0.1, 0.15) is 13.8 Å². The molecule has 2 rings (SSSR count). The molecule has 0 aliphatic carbocycles. The fraction of sp³-hybridized carbons (Fsp3) is 0.364. The summed E-state index contributed by atoms with van der Waals surface area (Å²) in [5.74, 6) is -1.30. The van der Waals surface area contributed by atoms with Crippen molar-refractivity contribution < 1.29 is 14.3 Å². The monoisotopic (exact) mass is 224 g/mol. The van der Waals surface area contributed by atoms with E-state index in [4.69, 9.17) is 5.11 Å². The van der Waals surface area contributed by atoms with Gasteiger partial charge in [-0.2, -0.15) is 0 Å². The summed E-state index contributed by atoms with van der Waals surface area (Å²) in [4.78, 5) is 12.4. The average Bonchev–Trinajstić information content (AvgIpc) is 2.38. The number of nitrogens with zero attached hydrogens (tertiary/aromatic N) is 1. The van der Waals surface area contributed by atoms with Crippen molar-refractivity contribution >= 4 is 17.3 Å². The standard InChI is InChI=1S/C11H13FN2O2/c1-11(2)13-8-4-3-7(12)5-9(8)14(11)6-10(15)16/h3-5,13H,6H2,1-2H3,(H,15,16). The van der Waals surface area contributed by atoms with Gasteiger partial charge in [0.2, 0.25) is 0 Å². The smallest absolute Gasteiger partial charge is 0.323 e. The Morgan fingerprint density at radius 1 is 1.56 bits per heavy atom. The van der Waals surface area contributed by atoms with Gasteiger partial charge in [-0.3, -0.25) is 4.79 Å². The van der Waals surface area contributed by atoms with Gasteiger partial charge >= 0.3 is 5.97 Å². The summed E-state index contributed by atoms with van der Waals surface area (Å²) in [5, 5.41) is 12.0. The van der Waals surface area contributed by atoms with Crippen molar-refractivity contribution in [3.8, 4) is 0 Å². The Morgan fingerprint density at radius 3 is 2.88 bits per heavy atom. The number of rotatable bonds is 2. The molecule has 1 aliphatic heterocycles. The molecule has 0 fully saturated rings. The first-order chi connectivity index (χ1) is 7.40. The molecule has 0 saturated heterocycles. The van der Waals surface area contributed by atoms with Crippen LogP contribution in [0.2, 0.25) is 0 Å². The van der Waals surface area contributed by atoms with Crippen LogP contribution < -0.4 is 10.2 Å². The van der Waals surface area contributed by atoms with Gasteiger partial charge in [-0.1, -0.05) is 0 Å². The lowest BCUT2D eigenvalue weighted by atomic mass is 10.2. The van der Waals surface area contributed by atoms with Crippen LogP contribution in [0.5, 0.6) is 0 Å². The highest BCUT2D eigenvalue weighted by atomic mass is 19.1. The molecule has 5 heteroatoms. The first-order valence-corrected chi connectivity index (χ1v) is 4.97. The fourth-order valence-corrected chi connectivity index (χ4v) is 1.95. The molecule has 86 valence electrons. The molecule has 0 radical (unpaired) electrons. The molecule has 0 bridgehead atoms. The Kier molecular flexibility index (Phi) is 2.26. The summed E-state index contributed by atoms with van der Waals surface area (Å²) < 4.78 is 13.1. The van der Waals surface area contributed by atoms with Crippen LogP contribution in [0, 0.1) is 5.82 Å². The maximum Gasteiger partial charge on any atom is 0.323 e. The second-order valence-corrected chi connectivity index (χ2v) is 4.33. The zero-order valence-electron chi connectivity index (χ0n) is 9.12. The minimum Gasteiger partial charge on any atom is -0.480 e. The number of nitrogens with one attached hydrogen (secondary N) is 1. The van der Waals surface area contributed by atoms with E-state index >= 15 is 0 Å². The van der Waals surface area contributed by atoms with Crippen molar-refractivity contribution in [2.24, 2.45) is 0 Å². The first kappa shape index (κ1) is 10.7. The molecule has 0 spiro atoms. The Balaban J connectivity index is 2.43. The number of benzene rings is 1. The second-order valence-electron chi connectivity index (χ2n) is 4.33. The minimum absolute atomic E-state index is 0.156. The van der Waals surface area contributed by atoms with E-state index in [0.29, 0.717) is 5.69 Å². The van der Waals surface area contributed by atoms with Gasteiger partial charge in [0.05, 0.1) is 11.4 Å². The lowest BCUT2D eigenvalue weighted by Crippen LogP contribution is -2.47. The third-order valence-electron chi connectivity index (χ3n) is 2.66. The molecule has 0 aromatic heterocycles. The van der Waals surface area contributed by atoms with Crippen molar-refractivity contribution in [2.75, 3.05) is 16.8 Å². The van der Waals surface area contributed by atoms with E-state index in [2.05, 4.69) is 5.32 Å². The number of hydrogen-bond donors (Lipinski definition) is 2. The molecule has 0 atom stereocenters. The molecule has 16 heavy (non-hydrogen) atoms. The number of carbonyl (C=O) groups is 1. The number of carboxylic acid groups (broad SMARTS) is 1. The van der Waals surface area contributed by atoms with Crippen molar-refractivity contribution in [1.82, 2.24) is 0 Å². The van der Waals surface area contributed by atoms with Gasteiger partial charge in [-0.05, 0) is 32.0 Å². The normalized spacial score (nSPS) is 16.8. The van der Waals surface area contributed by atoms with Gasteiger partial charge in [0.15, 0.2) is 0 Å². The molecular formula is C11H13FN2O2. The van der Waals surface area contributed by atoms with Crippen LogP contribution in [-0.2, 0) is 4.79 Å². The van der Waals surface area contributed by atoms with Crippen molar-refractivity contribution in [1.29, 1.82) is 0 Å². The largest absolute Gasteiger partial charge is 0.480 e. The number of fused-ring (bicyclic) bond motifs is 1. The number of anilines is 2. The maximum absolute atomic E-state index is 13.1. The van der Waals surface area contributed by atoms with Gasteiger partial charge in [-0.15, -0.1) is 0 Å². The molecule has 1 heterocycles. The average molecular weight is 224 g/mol. The maximum atomic E-state index is 13.1. The van der Waals surface area contributed by atoms with Crippen LogP contribution in [0.25, 0.3) is 0 Å². The first-order valence-electron chi connectivity index (χ1n) is 4.97. The number of carboxylic acids is 1. The zero-order valence-corrected chi connectivity index (χ0v) is 9.12. The third kappa shape index (κ3) is 1.68.